The van der Waals surface area contributed by atoms with E-state index >= 15 is 0 Å². The average Bonchev–Trinajstić information content (AvgIpc) is 3.74. The first-order valence-corrected chi connectivity index (χ1v) is 16.3. The molecule has 5 heterocycles. The SMILES string of the molecule is CC(=N)C1(C(=O)Nc2ccc3[nH]nc(-c4ccc(F)cc4)c3c2)CCN(CC(=O)N2CCN(c3ccc(-c4ncccn4)cn3)C[C@H]2C)C1. The first kappa shape index (κ1) is 32.0. The third-order valence-electron chi connectivity index (χ3n) is 9.64. The van der Waals surface area contributed by atoms with Crippen LogP contribution in [0.4, 0.5) is 15.9 Å². The molecule has 0 bridgehead atoms. The second-order valence-corrected chi connectivity index (χ2v) is 12.8. The van der Waals surface area contributed by atoms with E-state index in [0.29, 0.717) is 49.8 Å². The van der Waals surface area contributed by atoms with Gasteiger partial charge in [-0.05, 0) is 80.9 Å². The molecule has 13 heteroatoms. The van der Waals surface area contributed by atoms with E-state index in [-0.39, 0.29) is 42.5 Å². The Morgan fingerprint density at radius 2 is 1.80 bits per heavy atom. The van der Waals surface area contributed by atoms with Gasteiger partial charge in [-0.15, -0.1) is 0 Å². The monoisotopic (exact) mass is 660 g/mol. The lowest BCUT2D eigenvalue weighted by atomic mass is 9.81. The smallest absolute Gasteiger partial charge is 0.237 e. The van der Waals surface area contributed by atoms with Gasteiger partial charge in [0.1, 0.15) is 17.1 Å². The highest BCUT2D eigenvalue weighted by atomic mass is 19.1. The van der Waals surface area contributed by atoms with Crippen LogP contribution in [0.5, 0.6) is 0 Å². The molecule has 250 valence electrons. The second-order valence-electron chi connectivity index (χ2n) is 12.8. The van der Waals surface area contributed by atoms with Gasteiger partial charge in [-0.2, -0.15) is 5.10 Å². The van der Waals surface area contributed by atoms with Crippen LogP contribution < -0.4 is 10.2 Å². The predicted octanol–water partition coefficient (Wildman–Crippen LogP) is 4.63. The van der Waals surface area contributed by atoms with Gasteiger partial charge in [0.15, 0.2) is 5.82 Å². The summed E-state index contributed by atoms with van der Waals surface area (Å²) in [5.74, 6) is 0.868. The third kappa shape index (κ3) is 6.36. The van der Waals surface area contributed by atoms with E-state index < -0.39 is 5.41 Å². The number of H-pyrrole nitrogens is 1. The van der Waals surface area contributed by atoms with Crippen molar-refractivity contribution in [3.63, 3.8) is 0 Å². The summed E-state index contributed by atoms with van der Waals surface area (Å²) in [5.41, 5.74) is 2.80. The van der Waals surface area contributed by atoms with E-state index in [9.17, 15) is 14.0 Å². The molecule has 3 N–H and O–H groups in total. The molecule has 0 aliphatic carbocycles. The molecule has 2 saturated heterocycles. The number of aromatic nitrogens is 5. The lowest BCUT2D eigenvalue weighted by Crippen LogP contribution is -2.56. The molecule has 49 heavy (non-hydrogen) atoms. The van der Waals surface area contributed by atoms with Gasteiger partial charge in [0.25, 0.3) is 0 Å². The number of anilines is 2. The minimum Gasteiger partial charge on any atom is -0.353 e. The topological polar surface area (TPSA) is 147 Å². The van der Waals surface area contributed by atoms with Gasteiger partial charge in [0.2, 0.25) is 11.8 Å². The van der Waals surface area contributed by atoms with Crippen LogP contribution in [-0.2, 0) is 9.59 Å². The number of amides is 2. The summed E-state index contributed by atoms with van der Waals surface area (Å²) in [7, 11) is 0. The Morgan fingerprint density at radius 1 is 1.02 bits per heavy atom. The molecule has 2 aromatic carbocycles. The Labute approximate surface area is 282 Å². The predicted molar refractivity (Wildman–Crippen MR) is 186 cm³/mol. The summed E-state index contributed by atoms with van der Waals surface area (Å²) in [6.45, 7) is 6.55. The molecule has 2 aliphatic heterocycles. The number of aromatic amines is 1. The molecule has 2 amide bonds. The number of hydrogen-bond donors (Lipinski definition) is 3. The number of carbonyl (C=O) groups is 2. The second kappa shape index (κ2) is 13.2. The molecule has 2 aliphatic rings. The Kier molecular flexibility index (Phi) is 8.59. The fourth-order valence-electron chi connectivity index (χ4n) is 6.83. The van der Waals surface area contributed by atoms with E-state index in [2.05, 4.69) is 35.4 Å². The molecule has 0 saturated carbocycles. The lowest BCUT2D eigenvalue weighted by Gasteiger charge is -2.41. The first-order valence-electron chi connectivity index (χ1n) is 16.3. The fraction of sp³-hybridized carbons (Fsp3) is 0.306. The van der Waals surface area contributed by atoms with Gasteiger partial charge in [-0.3, -0.25) is 19.6 Å². The summed E-state index contributed by atoms with van der Waals surface area (Å²) < 4.78 is 13.5. The molecule has 0 radical (unpaired) electrons. The van der Waals surface area contributed by atoms with Crippen molar-refractivity contribution in [2.24, 2.45) is 5.41 Å². The summed E-state index contributed by atoms with van der Waals surface area (Å²) >= 11 is 0. The Hall–Kier alpha value is -5.56. The Bertz CT molecular complexity index is 2000. The van der Waals surface area contributed by atoms with Crippen LogP contribution in [0, 0.1) is 16.6 Å². The molecule has 7 rings (SSSR count). The van der Waals surface area contributed by atoms with Crippen molar-refractivity contribution in [3.05, 3.63) is 85.1 Å². The normalized spacial score (nSPS) is 19.7. The molecule has 12 nitrogen and oxygen atoms in total. The van der Waals surface area contributed by atoms with Crippen LogP contribution in [0.25, 0.3) is 33.5 Å². The maximum absolute atomic E-state index is 13.8. The molecule has 2 atom stereocenters. The number of pyridine rings is 1. The van der Waals surface area contributed by atoms with E-state index in [1.54, 1.807) is 49.8 Å². The van der Waals surface area contributed by atoms with Crippen LogP contribution in [0.2, 0.25) is 0 Å². The van der Waals surface area contributed by atoms with Gasteiger partial charge >= 0.3 is 0 Å². The third-order valence-corrected chi connectivity index (χ3v) is 9.64. The van der Waals surface area contributed by atoms with Crippen molar-refractivity contribution in [2.75, 3.05) is 49.5 Å². The molecule has 1 unspecified atom stereocenters. The first-order chi connectivity index (χ1) is 23.7. The van der Waals surface area contributed by atoms with Gasteiger partial charge in [-0.25, -0.2) is 19.3 Å². The number of nitrogens with one attached hydrogen (secondary N) is 3. The van der Waals surface area contributed by atoms with Gasteiger partial charge in [0, 0.05) is 85.3 Å². The molecule has 0 spiro atoms. The van der Waals surface area contributed by atoms with Gasteiger partial charge in [-0.1, -0.05) is 0 Å². The number of rotatable bonds is 8. The summed E-state index contributed by atoms with van der Waals surface area (Å²) in [5, 5.41) is 19.8. The summed E-state index contributed by atoms with van der Waals surface area (Å²) in [4.78, 5) is 46.7. The van der Waals surface area contributed by atoms with Crippen molar-refractivity contribution in [3.8, 4) is 22.6 Å². The van der Waals surface area contributed by atoms with Crippen molar-refractivity contribution in [1.82, 2.24) is 34.9 Å². The highest BCUT2D eigenvalue weighted by molar-refractivity contribution is 6.12. The van der Waals surface area contributed by atoms with Crippen LogP contribution >= 0.6 is 0 Å². The van der Waals surface area contributed by atoms with Crippen molar-refractivity contribution in [2.45, 2.75) is 26.3 Å². The minimum absolute atomic E-state index is 0.00857. The highest BCUT2D eigenvalue weighted by Crippen LogP contribution is 2.35. The van der Waals surface area contributed by atoms with Gasteiger partial charge in [0.05, 0.1) is 17.8 Å². The fourth-order valence-corrected chi connectivity index (χ4v) is 6.83. The number of piperazine rings is 1. The van der Waals surface area contributed by atoms with Crippen LogP contribution in [0.15, 0.2) is 79.3 Å². The molecule has 5 aromatic rings. The zero-order chi connectivity index (χ0) is 34.1. The number of halogens is 1. The highest BCUT2D eigenvalue weighted by Gasteiger charge is 2.47. The number of benzene rings is 2. The van der Waals surface area contributed by atoms with Crippen LogP contribution in [-0.4, -0.2) is 97.8 Å². The quantitative estimate of drug-likeness (QED) is 0.204. The zero-order valence-corrected chi connectivity index (χ0v) is 27.4. The van der Waals surface area contributed by atoms with E-state index in [4.69, 9.17) is 5.41 Å². The lowest BCUT2D eigenvalue weighted by molar-refractivity contribution is -0.135. The maximum Gasteiger partial charge on any atom is 0.237 e. The number of likely N-dealkylation sites (tertiary alicyclic amines) is 1. The van der Waals surface area contributed by atoms with Crippen molar-refractivity contribution < 1.29 is 14.0 Å². The summed E-state index contributed by atoms with van der Waals surface area (Å²) in [6.07, 6.45) is 5.62. The number of hydrogen-bond acceptors (Lipinski definition) is 9. The molecule has 2 fully saturated rings. The van der Waals surface area contributed by atoms with Crippen LogP contribution in [0.3, 0.4) is 0 Å². The average molecular weight is 661 g/mol. The standard InChI is InChI=1S/C36H37FN10O2/c1-23-20-46(31-11-6-26(19-41-31)34-39-13-3-14-40-34)16-17-47(23)32(48)21-45-15-12-36(22-45,24(2)38)35(49)42-28-9-10-30-29(18-28)33(44-43-30)25-4-7-27(37)8-5-25/h3-11,13-14,18-19,23,38H,12,15-17,20-22H2,1-2H3,(H,42,49)(H,43,44)/t23-,36?/m1/s1. The number of fused-ring (bicyclic) bond motifs is 1. The molecule has 3 aromatic heterocycles. The van der Waals surface area contributed by atoms with Crippen molar-refractivity contribution >= 4 is 39.9 Å². The van der Waals surface area contributed by atoms with E-state index in [0.717, 1.165) is 27.8 Å². The van der Waals surface area contributed by atoms with E-state index in [1.165, 1.54) is 12.1 Å². The molecular formula is C36H37FN10O2. The largest absolute Gasteiger partial charge is 0.353 e. The summed E-state index contributed by atoms with van der Waals surface area (Å²) in [6, 6.07) is 17.2. The molecular weight excluding hydrogens is 623 g/mol. The zero-order valence-electron chi connectivity index (χ0n) is 27.4. The Morgan fingerprint density at radius 3 is 2.51 bits per heavy atom. The van der Waals surface area contributed by atoms with E-state index in [1.807, 2.05) is 41.0 Å². The van der Waals surface area contributed by atoms with Crippen molar-refractivity contribution in [1.29, 1.82) is 5.41 Å². The van der Waals surface area contributed by atoms with Gasteiger partial charge < -0.3 is 20.5 Å². The number of nitrogens with zero attached hydrogens (tertiary/aromatic N) is 7. The minimum atomic E-state index is -1.06. The Balaban J connectivity index is 0.977. The maximum atomic E-state index is 13.8. The van der Waals surface area contributed by atoms with Crippen LogP contribution in [0.1, 0.15) is 20.3 Å². The number of carbonyl (C=O) groups excluding carboxylic acids is 2.